The standard InChI is InChI=1S/C15H25N3O/c1-15(2)11-18(12-7-5-4-6-8-12)13(9-10-16)14(19)17(15)3/h12-13H,4-9,11H2,1-3H3. The maximum absolute atomic E-state index is 12.5. The summed E-state index contributed by atoms with van der Waals surface area (Å²) in [5, 5.41) is 9.02. The lowest BCUT2D eigenvalue weighted by molar-refractivity contribution is -0.151. The Kier molecular flexibility index (Phi) is 4.15. The molecule has 1 amide bonds. The van der Waals surface area contributed by atoms with Gasteiger partial charge in [0.25, 0.3) is 0 Å². The molecule has 1 aliphatic carbocycles. The van der Waals surface area contributed by atoms with Gasteiger partial charge in [-0.15, -0.1) is 0 Å². The second-order valence-corrected chi connectivity index (χ2v) is 6.55. The third kappa shape index (κ3) is 2.76. The van der Waals surface area contributed by atoms with Crippen molar-refractivity contribution in [1.29, 1.82) is 5.26 Å². The van der Waals surface area contributed by atoms with Crippen LogP contribution in [-0.4, -0.2) is 46.9 Å². The van der Waals surface area contributed by atoms with Gasteiger partial charge >= 0.3 is 0 Å². The van der Waals surface area contributed by atoms with E-state index in [9.17, 15) is 4.79 Å². The molecule has 106 valence electrons. The van der Waals surface area contributed by atoms with Gasteiger partial charge in [-0.05, 0) is 26.7 Å². The Hall–Kier alpha value is -1.08. The van der Waals surface area contributed by atoms with Crippen molar-refractivity contribution in [2.75, 3.05) is 13.6 Å². The van der Waals surface area contributed by atoms with Crippen LogP contribution in [0.5, 0.6) is 0 Å². The lowest BCUT2D eigenvalue weighted by Gasteiger charge is -2.51. The van der Waals surface area contributed by atoms with Crippen molar-refractivity contribution >= 4 is 5.91 Å². The van der Waals surface area contributed by atoms with Crippen LogP contribution in [0.2, 0.25) is 0 Å². The minimum atomic E-state index is -0.230. The van der Waals surface area contributed by atoms with Gasteiger partial charge < -0.3 is 4.90 Å². The number of hydrogen-bond acceptors (Lipinski definition) is 3. The molecule has 1 atom stereocenters. The van der Waals surface area contributed by atoms with Gasteiger partial charge in [0.05, 0.1) is 12.5 Å². The average molecular weight is 263 g/mol. The summed E-state index contributed by atoms with van der Waals surface area (Å²) in [6, 6.07) is 2.46. The van der Waals surface area contributed by atoms with E-state index in [2.05, 4.69) is 24.8 Å². The van der Waals surface area contributed by atoms with E-state index in [1.807, 2.05) is 11.9 Å². The summed E-state index contributed by atoms with van der Waals surface area (Å²) >= 11 is 0. The first-order valence-corrected chi connectivity index (χ1v) is 7.38. The smallest absolute Gasteiger partial charge is 0.241 e. The van der Waals surface area contributed by atoms with E-state index in [0.29, 0.717) is 12.5 Å². The number of nitriles is 1. The lowest BCUT2D eigenvalue weighted by Crippen LogP contribution is -2.67. The van der Waals surface area contributed by atoms with Crippen molar-refractivity contribution in [2.24, 2.45) is 0 Å². The molecule has 1 saturated carbocycles. The largest absolute Gasteiger partial charge is 0.338 e. The number of hydrogen-bond donors (Lipinski definition) is 0. The highest BCUT2D eigenvalue weighted by Gasteiger charge is 2.45. The highest BCUT2D eigenvalue weighted by atomic mass is 16.2. The van der Waals surface area contributed by atoms with Gasteiger partial charge in [0.15, 0.2) is 0 Å². The van der Waals surface area contributed by atoms with Crippen molar-refractivity contribution in [3.63, 3.8) is 0 Å². The van der Waals surface area contributed by atoms with Crippen molar-refractivity contribution in [3.05, 3.63) is 0 Å². The molecule has 0 aromatic heterocycles. The van der Waals surface area contributed by atoms with E-state index >= 15 is 0 Å². The van der Waals surface area contributed by atoms with Crippen LogP contribution in [0.3, 0.4) is 0 Å². The van der Waals surface area contributed by atoms with E-state index in [-0.39, 0.29) is 17.5 Å². The Balaban J connectivity index is 2.21. The molecule has 2 aliphatic rings. The molecule has 0 aromatic carbocycles. The Labute approximate surface area is 116 Å². The summed E-state index contributed by atoms with van der Waals surface area (Å²) < 4.78 is 0. The van der Waals surface area contributed by atoms with Gasteiger partial charge in [0, 0.05) is 25.2 Å². The second-order valence-electron chi connectivity index (χ2n) is 6.55. The molecule has 4 heteroatoms. The molecule has 0 radical (unpaired) electrons. The molecule has 4 nitrogen and oxygen atoms in total. The van der Waals surface area contributed by atoms with Crippen LogP contribution in [0, 0.1) is 11.3 Å². The number of piperazine rings is 1. The van der Waals surface area contributed by atoms with E-state index in [1.54, 1.807) is 0 Å². The average Bonchev–Trinajstić information content (AvgIpc) is 2.40. The lowest BCUT2D eigenvalue weighted by atomic mass is 9.87. The van der Waals surface area contributed by atoms with Gasteiger partial charge in [-0.25, -0.2) is 0 Å². The zero-order chi connectivity index (χ0) is 14.0. The molecule has 1 heterocycles. The molecule has 0 bridgehead atoms. The van der Waals surface area contributed by atoms with Gasteiger partial charge in [-0.2, -0.15) is 5.26 Å². The number of likely N-dealkylation sites (N-methyl/N-ethyl adjacent to an activating group) is 1. The summed E-state index contributed by atoms with van der Waals surface area (Å²) in [7, 11) is 1.87. The number of carbonyl (C=O) groups excluding carboxylic acids is 1. The van der Waals surface area contributed by atoms with Crippen LogP contribution in [0.15, 0.2) is 0 Å². The van der Waals surface area contributed by atoms with E-state index in [1.165, 1.54) is 32.1 Å². The molecule has 2 fully saturated rings. The predicted molar refractivity (Wildman–Crippen MR) is 74.4 cm³/mol. The van der Waals surface area contributed by atoms with Crippen LogP contribution in [-0.2, 0) is 4.79 Å². The first kappa shape index (κ1) is 14.3. The van der Waals surface area contributed by atoms with Gasteiger partial charge in [0.1, 0.15) is 6.04 Å². The highest BCUT2D eigenvalue weighted by molar-refractivity contribution is 5.83. The topological polar surface area (TPSA) is 47.3 Å². The molecule has 1 aliphatic heterocycles. The fraction of sp³-hybridized carbons (Fsp3) is 0.867. The van der Waals surface area contributed by atoms with Gasteiger partial charge in [0.2, 0.25) is 5.91 Å². The third-order valence-electron chi connectivity index (χ3n) is 4.82. The van der Waals surface area contributed by atoms with Crippen LogP contribution < -0.4 is 0 Å². The number of carbonyl (C=O) groups is 1. The molecule has 2 rings (SSSR count). The maximum atomic E-state index is 12.5. The van der Waals surface area contributed by atoms with E-state index in [4.69, 9.17) is 5.26 Å². The summed E-state index contributed by atoms with van der Waals surface area (Å²) in [4.78, 5) is 16.7. The molecule has 1 unspecified atom stereocenters. The number of amides is 1. The Morgan fingerprint density at radius 2 is 1.95 bits per heavy atom. The molecular formula is C15H25N3O. The minimum Gasteiger partial charge on any atom is -0.338 e. The van der Waals surface area contributed by atoms with Crippen molar-refractivity contribution in [1.82, 2.24) is 9.80 Å². The zero-order valence-corrected chi connectivity index (χ0v) is 12.4. The minimum absolute atomic E-state index is 0.114. The van der Waals surface area contributed by atoms with Crippen molar-refractivity contribution < 1.29 is 4.79 Å². The number of nitrogens with zero attached hydrogens (tertiary/aromatic N) is 3. The Morgan fingerprint density at radius 1 is 1.32 bits per heavy atom. The van der Waals surface area contributed by atoms with E-state index < -0.39 is 0 Å². The second kappa shape index (κ2) is 5.50. The molecule has 19 heavy (non-hydrogen) atoms. The molecular weight excluding hydrogens is 238 g/mol. The first-order chi connectivity index (χ1) is 8.97. The zero-order valence-electron chi connectivity index (χ0n) is 12.4. The maximum Gasteiger partial charge on any atom is 0.241 e. The Bertz CT molecular complexity index is 379. The fourth-order valence-corrected chi connectivity index (χ4v) is 3.41. The SMILES string of the molecule is CN1C(=O)C(CC#N)N(C2CCCCC2)CC1(C)C. The molecule has 1 saturated heterocycles. The summed E-state index contributed by atoms with van der Waals surface area (Å²) in [5.41, 5.74) is -0.138. The molecule has 0 aromatic rings. The summed E-state index contributed by atoms with van der Waals surface area (Å²) in [6.07, 6.45) is 6.49. The van der Waals surface area contributed by atoms with Crippen LogP contribution in [0.25, 0.3) is 0 Å². The van der Waals surface area contributed by atoms with Crippen LogP contribution in [0.4, 0.5) is 0 Å². The van der Waals surface area contributed by atoms with Crippen LogP contribution >= 0.6 is 0 Å². The third-order valence-corrected chi connectivity index (χ3v) is 4.82. The van der Waals surface area contributed by atoms with Crippen molar-refractivity contribution in [2.45, 2.75) is 70.0 Å². The summed E-state index contributed by atoms with van der Waals surface area (Å²) in [5.74, 6) is 0.114. The van der Waals surface area contributed by atoms with E-state index in [0.717, 1.165) is 6.54 Å². The molecule has 0 N–H and O–H groups in total. The predicted octanol–water partition coefficient (Wildman–Crippen LogP) is 2.15. The fourth-order valence-electron chi connectivity index (χ4n) is 3.41. The van der Waals surface area contributed by atoms with Gasteiger partial charge in [-0.1, -0.05) is 19.3 Å². The van der Waals surface area contributed by atoms with Crippen molar-refractivity contribution in [3.8, 4) is 6.07 Å². The highest BCUT2D eigenvalue weighted by Crippen LogP contribution is 2.32. The normalized spacial score (nSPS) is 29.3. The van der Waals surface area contributed by atoms with Crippen LogP contribution in [0.1, 0.15) is 52.4 Å². The first-order valence-electron chi connectivity index (χ1n) is 7.38. The number of rotatable bonds is 2. The molecule has 0 spiro atoms. The van der Waals surface area contributed by atoms with Gasteiger partial charge in [-0.3, -0.25) is 9.69 Å². The monoisotopic (exact) mass is 263 g/mol. The summed E-state index contributed by atoms with van der Waals surface area (Å²) in [6.45, 7) is 5.11. The Morgan fingerprint density at radius 3 is 2.53 bits per heavy atom. The quantitative estimate of drug-likeness (QED) is 0.767.